The molecule has 6 aliphatic rings. The Hall–Kier alpha value is -5.42. The predicted molar refractivity (Wildman–Crippen MR) is 256 cm³/mol. The molecule has 3 saturated carbocycles. The standard InChI is InChI=1S/C54H65NO14Si/c1-9-70(10-2,11-3)69-38-28-39-53(30-63-39,68-49(59)35-24-18-25-35)44-46(67-48(58)34-22-16-13-17-23-34)54(61)29-37(31(4)40(51(54,6)7)42(64-32(5)56)45(57)52(38,44)8)65-50(60)43-41(36-26-19-27-62-36)55-47(66-43)33-20-14-12-15-21-33/h12-17,19-23,26-27,35,37-39,41-44,46,61H,9-11,18,24-25,28-30H2,1-8H3/t37-,38-,39+,41?,42+,43?,44?,46-,52+,53-,54+/m0/s1. The summed E-state index contributed by atoms with van der Waals surface area (Å²) < 4.78 is 52.1. The molecule has 1 aromatic heterocycles. The van der Waals surface area contributed by atoms with E-state index in [4.69, 9.17) is 42.3 Å². The smallest absolute Gasteiger partial charge is 0.350 e. The Bertz CT molecular complexity index is 2540. The second kappa shape index (κ2) is 18.6. The molecule has 2 aromatic carbocycles. The Kier molecular flexibility index (Phi) is 13.2. The van der Waals surface area contributed by atoms with Crippen LogP contribution in [0.2, 0.25) is 18.1 Å². The van der Waals surface area contributed by atoms with Crippen molar-refractivity contribution < 1.29 is 66.3 Å². The van der Waals surface area contributed by atoms with E-state index in [1.165, 1.54) is 13.2 Å². The maximum Gasteiger partial charge on any atom is 0.350 e. The summed E-state index contributed by atoms with van der Waals surface area (Å²) in [6, 6.07) is 21.9. The van der Waals surface area contributed by atoms with Crippen molar-refractivity contribution in [2.75, 3.05) is 6.61 Å². The van der Waals surface area contributed by atoms with Crippen LogP contribution in [0, 0.1) is 22.7 Å². The molecule has 4 fully saturated rings. The molecule has 1 N–H and O–H groups in total. The molecule has 1 saturated heterocycles. The van der Waals surface area contributed by atoms with Crippen LogP contribution in [0.1, 0.15) is 115 Å². The number of fused-ring (bicyclic) bond motifs is 5. The first-order chi connectivity index (χ1) is 33.4. The van der Waals surface area contributed by atoms with Crippen LogP contribution < -0.4 is 0 Å². The number of hydrogen-bond acceptors (Lipinski definition) is 15. The van der Waals surface area contributed by atoms with Crippen LogP contribution in [0.3, 0.4) is 0 Å². The van der Waals surface area contributed by atoms with Gasteiger partial charge in [-0.25, -0.2) is 14.6 Å². The van der Waals surface area contributed by atoms with Gasteiger partial charge in [0.05, 0.1) is 41.8 Å². The third-order valence-electron chi connectivity index (χ3n) is 17.0. The quantitative estimate of drug-likeness (QED) is 0.0703. The Morgan fingerprint density at radius 1 is 0.871 bits per heavy atom. The number of hydrogen-bond donors (Lipinski definition) is 1. The highest BCUT2D eigenvalue weighted by atomic mass is 28.4. The average molecular weight is 980 g/mol. The second-order valence-electron chi connectivity index (χ2n) is 20.8. The minimum absolute atomic E-state index is 0.128. The van der Waals surface area contributed by atoms with Gasteiger partial charge in [-0.1, -0.05) is 77.4 Å². The fourth-order valence-electron chi connectivity index (χ4n) is 12.3. The minimum Gasteiger partial charge on any atom is -0.467 e. The topological polar surface area (TPSA) is 196 Å². The number of aliphatic imine (C=N–C) groups is 1. The van der Waals surface area contributed by atoms with Crippen LogP contribution in [-0.2, 0) is 52.0 Å². The van der Waals surface area contributed by atoms with E-state index < -0.39 is 115 Å². The lowest BCUT2D eigenvalue weighted by atomic mass is 9.44. The van der Waals surface area contributed by atoms with Crippen molar-refractivity contribution in [3.05, 3.63) is 107 Å². The summed E-state index contributed by atoms with van der Waals surface area (Å²) in [4.78, 5) is 78.9. The first-order valence-corrected chi connectivity index (χ1v) is 27.4. The number of furan rings is 1. The molecule has 3 heterocycles. The highest BCUT2D eigenvalue weighted by Crippen LogP contribution is 2.65. The zero-order chi connectivity index (χ0) is 50.0. The van der Waals surface area contributed by atoms with Gasteiger partial charge in [-0.3, -0.25) is 14.4 Å². The van der Waals surface area contributed by atoms with Crippen LogP contribution in [0.5, 0.6) is 0 Å². The van der Waals surface area contributed by atoms with Crippen molar-refractivity contribution in [1.29, 1.82) is 0 Å². The van der Waals surface area contributed by atoms with E-state index in [9.17, 15) is 24.3 Å². The predicted octanol–water partition coefficient (Wildman–Crippen LogP) is 8.19. The summed E-state index contributed by atoms with van der Waals surface area (Å²) in [5, 5.41) is 14.3. The molecule has 11 atom stereocenters. The van der Waals surface area contributed by atoms with Crippen LogP contribution in [0.4, 0.5) is 0 Å². The van der Waals surface area contributed by atoms with Gasteiger partial charge in [0.1, 0.15) is 29.7 Å². The number of aliphatic hydroxyl groups is 1. The van der Waals surface area contributed by atoms with E-state index in [2.05, 4.69) is 20.8 Å². The number of carbonyl (C=O) groups is 5. The third-order valence-corrected chi connectivity index (χ3v) is 21.6. The molecule has 0 radical (unpaired) electrons. The monoisotopic (exact) mass is 979 g/mol. The van der Waals surface area contributed by atoms with Crippen molar-refractivity contribution in [3.8, 4) is 0 Å². The molecule has 15 nitrogen and oxygen atoms in total. The zero-order valence-corrected chi connectivity index (χ0v) is 42.3. The van der Waals surface area contributed by atoms with Gasteiger partial charge in [-0.05, 0) is 92.4 Å². The number of ether oxygens (including phenoxy) is 6. The molecule has 0 spiro atoms. The maximum absolute atomic E-state index is 16.5. The van der Waals surface area contributed by atoms with Crippen LogP contribution >= 0.6 is 0 Å². The number of Topliss-reactive ketones (excluding diaryl/α,β-unsaturated/α-hetero) is 1. The van der Waals surface area contributed by atoms with Crippen molar-refractivity contribution in [3.63, 3.8) is 0 Å². The number of benzene rings is 2. The van der Waals surface area contributed by atoms with Gasteiger partial charge in [0, 0.05) is 30.7 Å². The van der Waals surface area contributed by atoms with Crippen molar-refractivity contribution >= 4 is 43.9 Å². The Labute approximate surface area is 409 Å². The van der Waals surface area contributed by atoms with Gasteiger partial charge in [0.25, 0.3) is 0 Å². The molecule has 374 valence electrons. The lowest BCUT2D eigenvalue weighted by Gasteiger charge is -2.68. The van der Waals surface area contributed by atoms with E-state index >= 15 is 4.79 Å². The largest absolute Gasteiger partial charge is 0.467 e. The van der Waals surface area contributed by atoms with Crippen LogP contribution in [-0.4, -0.2) is 103 Å². The normalized spacial score (nSPS) is 33.4. The maximum atomic E-state index is 16.5. The van der Waals surface area contributed by atoms with Crippen molar-refractivity contribution in [2.45, 2.75) is 159 Å². The summed E-state index contributed by atoms with van der Waals surface area (Å²) in [5.41, 5.74) is -5.96. The highest BCUT2D eigenvalue weighted by molar-refractivity contribution is 6.73. The van der Waals surface area contributed by atoms with Gasteiger partial charge in [0.15, 0.2) is 31.8 Å². The van der Waals surface area contributed by atoms with Crippen molar-refractivity contribution in [2.24, 2.45) is 27.7 Å². The highest BCUT2D eigenvalue weighted by Gasteiger charge is 2.79. The number of carbonyl (C=O) groups excluding carboxylic acids is 5. The molecule has 3 aromatic rings. The van der Waals surface area contributed by atoms with E-state index in [1.807, 2.05) is 18.2 Å². The number of nitrogens with zero attached hydrogens (tertiary/aromatic N) is 1. The molecule has 0 amide bonds. The van der Waals surface area contributed by atoms with Gasteiger partial charge in [-0.2, -0.15) is 0 Å². The molecule has 2 bridgehead atoms. The Morgan fingerprint density at radius 2 is 1.54 bits per heavy atom. The van der Waals surface area contributed by atoms with Crippen molar-refractivity contribution in [1.82, 2.24) is 0 Å². The molecular formula is C54H65NO14Si. The van der Waals surface area contributed by atoms with E-state index in [0.717, 1.165) is 24.6 Å². The molecule has 16 heteroatoms. The van der Waals surface area contributed by atoms with Crippen LogP contribution in [0.25, 0.3) is 0 Å². The minimum atomic E-state index is -2.62. The van der Waals surface area contributed by atoms with Gasteiger partial charge in [0.2, 0.25) is 12.0 Å². The van der Waals surface area contributed by atoms with E-state index in [-0.39, 0.29) is 36.5 Å². The third kappa shape index (κ3) is 7.97. The lowest BCUT2D eigenvalue weighted by molar-refractivity contribution is -0.346. The van der Waals surface area contributed by atoms with E-state index in [1.54, 1.807) is 82.3 Å². The Morgan fingerprint density at radius 3 is 2.11 bits per heavy atom. The fraction of sp³-hybridized carbons (Fsp3) is 0.556. The molecule has 9 rings (SSSR count). The summed E-state index contributed by atoms with van der Waals surface area (Å²) in [6.45, 7) is 14.1. The van der Waals surface area contributed by atoms with E-state index in [0.29, 0.717) is 29.7 Å². The van der Waals surface area contributed by atoms with Crippen LogP contribution in [0.15, 0.2) is 99.6 Å². The SMILES string of the molecule is CC[Si](CC)(CC)O[C@H]1C[C@H]2OC[C@@]2(OC(=O)C2CCC2)C2[C@H](OC(=O)c3ccccc3)[C@]3(O)C[C@H](OC(=O)C4OC(c5ccccc5)=NC4c4ccco4)C(C)=C([C@@H](OC(C)=O)C(=O)[C@@]21C)C3(C)C. The summed E-state index contributed by atoms with van der Waals surface area (Å²) in [7, 11) is -2.62. The van der Waals surface area contributed by atoms with Gasteiger partial charge < -0.3 is 42.4 Å². The zero-order valence-electron chi connectivity index (χ0n) is 41.3. The molecule has 2 aliphatic heterocycles. The lowest BCUT2D eigenvalue weighted by Crippen LogP contribution is -2.82. The first kappa shape index (κ1) is 49.6. The summed E-state index contributed by atoms with van der Waals surface area (Å²) >= 11 is 0. The Balaban J connectivity index is 1.24. The van der Waals surface area contributed by atoms with Gasteiger partial charge >= 0.3 is 23.9 Å². The first-order valence-electron chi connectivity index (χ1n) is 24.8. The molecular weight excluding hydrogens is 915 g/mol. The number of rotatable bonds is 14. The molecule has 70 heavy (non-hydrogen) atoms. The fourth-order valence-corrected chi connectivity index (χ4v) is 15.2. The number of ketones is 1. The van der Waals surface area contributed by atoms with Gasteiger partial charge in [-0.15, -0.1) is 0 Å². The number of esters is 4. The molecule has 3 unspecified atom stereocenters. The summed E-state index contributed by atoms with van der Waals surface area (Å²) in [5.74, 6) is -4.74. The average Bonchev–Trinajstić information content (AvgIpc) is 4.03. The second-order valence-corrected chi connectivity index (χ2v) is 25.5. The summed E-state index contributed by atoms with van der Waals surface area (Å²) in [6.07, 6.45) is -4.51. The molecule has 4 aliphatic carbocycles.